The summed E-state index contributed by atoms with van der Waals surface area (Å²) in [6, 6.07) is 0. The number of halogens is 1. The van der Waals surface area contributed by atoms with Crippen LogP contribution in [0.4, 0.5) is 0 Å². The van der Waals surface area contributed by atoms with Crippen LogP contribution in [0.15, 0.2) is 0 Å². The summed E-state index contributed by atoms with van der Waals surface area (Å²) in [6.45, 7) is 19.6. The molecule has 1 aliphatic rings. The minimum Gasteiger partial charge on any atom is -0.462 e. The van der Waals surface area contributed by atoms with Crippen LogP contribution in [0.5, 0.6) is 0 Å². The number of ether oxygens (including phenoxy) is 5. The quantitative estimate of drug-likeness (QED) is 0.320. The zero-order valence-electron chi connectivity index (χ0n) is 24.1. The monoisotopic (exact) mass is 594 g/mol. The van der Waals surface area contributed by atoms with Gasteiger partial charge in [-0.1, -0.05) is 0 Å². The third-order valence-electron chi connectivity index (χ3n) is 5.24. The molecule has 0 N–H and O–H groups in total. The molecule has 1 rings (SSSR count). The highest BCUT2D eigenvalue weighted by Crippen LogP contribution is 2.35. The Hall–Kier alpha value is -1.72. The van der Waals surface area contributed by atoms with Gasteiger partial charge in [0.15, 0.2) is 18.3 Å². The van der Waals surface area contributed by atoms with Crippen molar-refractivity contribution in [3.8, 4) is 0 Å². The average molecular weight is 596 g/mol. The van der Waals surface area contributed by atoms with Crippen LogP contribution in [0.3, 0.4) is 0 Å². The zero-order chi connectivity index (χ0) is 29.1. The molecular formula is C26H43BrO10. The van der Waals surface area contributed by atoms with Crippen molar-refractivity contribution in [3.05, 3.63) is 0 Å². The largest absolute Gasteiger partial charge is 0.462 e. The lowest BCUT2D eigenvalue weighted by Crippen LogP contribution is -2.63. The normalized spacial score (nSPS) is 25.2. The lowest BCUT2D eigenvalue weighted by Gasteiger charge is -2.45. The minimum absolute atomic E-state index is 0.339. The fourth-order valence-electron chi connectivity index (χ4n) is 2.76. The van der Waals surface area contributed by atoms with Crippen LogP contribution in [0.1, 0.15) is 83.1 Å². The van der Waals surface area contributed by atoms with E-state index in [0.717, 1.165) is 0 Å². The molecule has 0 spiro atoms. The summed E-state index contributed by atoms with van der Waals surface area (Å²) in [4.78, 5) is 51.3. The predicted octanol–water partition coefficient (Wildman–Crippen LogP) is 4.50. The average Bonchev–Trinajstić information content (AvgIpc) is 2.71. The zero-order valence-corrected chi connectivity index (χ0v) is 25.6. The highest BCUT2D eigenvalue weighted by Gasteiger charge is 2.55. The molecule has 1 unspecified atom stereocenters. The molecular weight excluding hydrogens is 552 g/mol. The van der Waals surface area contributed by atoms with E-state index in [1.54, 1.807) is 83.1 Å². The molecule has 37 heavy (non-hydrogen) atoms. The maximum absolute atomic E-state index is 13.0. The second-order valence-corrected chi connectivity index (χ2v) is 13.7. The van der Waals surface area contributed by atoms with Crippen molar-refractivity contribution in [3.63, 3.8) is 0 Å². The van der Waals surface area contributed by atoms with Crippen LogP contribution in [0, 0.1) is 21.7 Å². The fraction of sp³-hybridized carbons (Fsp3) is 0.846. The van der Waals surface area contributed by atoms with Gasteiger partial charge in [0.25, 0.3) is 0 Å². The van der Waals surface area contributed by atoms with Gasteiger partial charge in [0.2, 0.25) is 6.29 Å². The molecule has 1 heterocycles. The molecule has 214 valence electrons. The van der Waals surface area contributed by atoms with Crippen molar-refractivity contribution < 1.29 is 46.7 Å². The SMILES string of the molecule is CC(C)(C)C(=O)OC[C@H]1OC(OBr)[C@H](OC(=O)C(C)(C)C)[C@@H](OC(=O)C(C)(C)C)[C@@H]1OC(=O)C(C)(C)C. The first-order valence-corrected chi connectivity index (χ1v) is 12.9. The topological polar surface area (TPSA) is 124 Å². The molecule has 0 radical (unpaired) electrons. The molecule has 1 aliphatic heterocycles. The second-order valence-electron chi connectivity index (χ2n) is 13.3. The predicted molar refractivity (Wildman–Crippen MR) is 137 cm³/mol. The van der Waals surface area contributed by atoms with E-state index >= 15 is 0 Å². The van der Waals surface area contributed by atoms with E-state index in [2.05, 4.69) is 16.3 Å². The maximum Gasteiger partial charge on any atom is 0.311 e. The number of hydrogen-bond acceptors (Lipinski definition) is 10. The van der Waals surface area contributed by atoms with E-state index in [9.17, 15) is 19.2 Å². The highest BCUT2D eigenvalue weighted by molar-refractivity contribution is 9.06. The van der Waals surface area contributed by atoms with Gasteiger partial charge in [0.05, 0.1) is 21.7 Å². The van der Waals surface area contributed by atoms with Crippen molar-refractivity contribution in [2.24, 2.45) is 21.7 Å². The molecule has 1 fully saturated rings. The van der Waals surface area contributed by atoms with Gasteiger partial charge < -0.3 is 23.7 Å². The van der Waals surface area contributed by atoms with E-state index in [1.165, 1.54) is 0 Å². The minimum atomic E-state index is -1.33. The Morgan fingerprint density at radius 2 is 0.946 bits per heavy atom. The summed E-state index contributed by atoms with van der Waals surface area (Å²) in [6.07, 6.45) is -6.33. The molecule has 0 aromatic rings. The smallest absolute Gasteiger partial charge is 0.311 e. The molecule has 1 saturated heterocycles. The van der Waals surface area contributed by atoms with Gasteiger partial charge >= 0.3 is 23.9 Å². The van der Waals surface area contributed by atoms with E-state index in [1.807, 2.05) is 0 Å². The molecule has 0 aliphatic carbocycles. The molecule has 0 amide bonds. The van der Waals surface area contributed by atoms with Gasteiger partial charge in [0, 0.05) is 0 Å². The number of hydrogen-bond donors (Lipinski definition) is 0. The molecule has 0 aromatic carbocycles. The van der Waals surface area contributed by atoms with Gasteiger partial charge in [-0.25, -0.2) is 0 Å². The third-order valence-corrected chi connectivity index (χ3v) is 5.60. The van der Waals surface area contributed by atoms with Crippen molar-refractivity contribution in [2.45, 2.75) is 114 Å². The molecule has 10 nitrogen and oxygen atoms in total. The third kappa shape index (κ3) is 9.51. The first kappa shape index (κ1) is 33.3. The maximum atomic E-state index is 13.0. The molecule has 11 heteroatoms. The van der Waals surface area contributed by atoms with E-state index in [4.69, 9.17) is 27.5 Å². The van der Waals surface area contributed by atoms with E-state index < -0.39 is 76.2 Å². The Morgan fingerprint density at radius 1 is 0.595 bits per heavy atom. The van der Waals surface area contributed by atoms with Crippen molar-refractivity contribution in [1.82, 2.24) is 0 Å². The highest BCUT2D eigenvalue weighted by atomic mass is 79.9. The van der Waals surface area contributed by atoms with Crippen LogP contribution < -0.4 is 0 Å². The van der Waals surface area contributed by atoms with Crippen LogP contribution in [-0.4, -0.2) is 61.2 Å². The summed E-state index contributed by atoms with van der Waals surface area (Å²) < 4.78 is 34.0. The Bertz CT molecular complexity index is 841. The van der Waals surface area contributed by atoms with Gasteiger partial charge in [0.1, 0.15) is 29.0 Å². The first-order chi connectivity index (χ1) is 16.5. The number of esters is 4. The summed E-state index contributed by atoms with van der Waals surface area (Å²) >= 11 is 2.89. The number of carbonyl (C=O) groups excluding carboxylic acids is 4. The van der Waals surface area contributed by atoms with Crippen LogP contribution >= 0.6 is 16.3 Å². The van der Waals surface area contributed by atoms with Gasteiger partial charge in [-0.3, -0.25) is 23.0 Å². The fourth-order valence-corrected chi connectivity index (χ4v) is 3.06. The molecule has 5 atom stereocenters. The van der Waals surface area contributed by atoms with Crippen LogP contribution in [0.25, 0.3) is 0 Å². The van der Waals surface area contributed by atoms with Crippen molar-refractivity contribution in [2.75, 3.05) is 6.61 Å². The Morgan fingerprint density at radius 3 is 1.30 bits per heavy atom. The summed E-state index contributed by atoms with van der Waals surface area (Å²) in [5.41, 5.74) is -3.58. The standard InChI is InChI=1S/C26H43BrO10/c1-23(2,3)19(28)32-13-14-15(34-20(29)24(4,5)6)16(35-21(30)25(7,8)9)17(18(33-14)37-27)36-22(31)26(10,11)12/h14-18H,13H2,1-12H3/t14-,15-,16+,17-,18?/m1/s1. The van der Waals surface area contributed by atoms with Crippen LogP contribution in [0.2, 0.25) is 0 Å². The van der Waals surface area contributed by atoms with Crippen molar-refractivity contribution >= 4 is 40.1 Å². The lowest BCUT2D eigenvalue weighted by molar-refractivity contribution is -0.289. The van der Waals surface area contributed by atoms with E-state index in [-0.39, 0.29) is 6.61 Å². The summed E-state index contributed by atoms with van der Waals surface area (Å²) in [5, 5.41) is 0. The van der Waals surface area contributed by atoms with Gasteiger partial charge in [-0.15, -0.1) is 0 Å². The van der Waals surface area contributed by atoms with Crippen molar-refractivity contribution in [1.29, 1.82) is 0 Å². The second kappa shape index (κ2) is 12.0. The Kier molecular flexibility index (Phi) is 10.8. The van der Waals surface area contributed by atoms with E-state index in [0.29, 0.717) is 0 Å². The van der Waals surface area contributed by atoms with Crippen LogP contribution in [-0.2, 0) is 46.7 Å². The summed E-state index contributed by atoms with van der Waals surface area (Å²) in [5.74, 6) is -2.39. The lowest BCUT2D eigenvalue weighted by atomic mass is 9.93. The molecule has 0 bridgehead atoms. The van der Waals surface area contributed by atoms with Gasteiger partial charge in [-0.2, -0.15) is 0 Å². The first-order valence-electron chi connectivity index (χ1n) is 12.2. The van der Waals surface area contributed by atoms with Gasteiger partial charge in [-0.05, 0) is 83.1 Å². The number of carbonyl (C=O) groups is 4. The Labute approximate surface area is 228 Å². The number of rotatable bonds is 6. The molecule has 0 saturated carbocycles. The Balaban J connectivity index is 3.58. The molecule has 0 aromatic heterocycles. The summed E-state index contributed by atoms with van der Waals surface area (Å²) in [7, 11) is 0.